The summed E-state index contributed by atoms with van der Waals surface area (Å²) in [5.41, 5.74) is 2.77. The fourth-order valence-electron chi connectivity index (χ4n) is 4.29. The van der Waals surface area contributed by atoms with E-state index in [-0.39, 0.29) is 11.9 Å². The number of fused-ring (bicyclic) bond motifs is 2. The SMILES string of the molecule is COCc1ccccc1C(=O)N1CC2CC(C1)N(c1nc(C)cc(C#N)n1)C2. The number of aryl methyl sites for hydroxylation is 1. The van der Waals surface area contributed by atoms with Crippen molar-refractivity contribution in [2.75, 3.05) is 31.6 Å². The molecule has 1 amide bonds. The van der Waals surface area contributed by atoms with Crippen molar-refractivity contribution in [1.29, 1.82) is 5.26 Å². The number of amides is 1. The summed E-state index contributed by atoms with van der Waals surface area (Å²) in [4.78, 5) is 26.2. The van der Waals surface area contributed by atoms with E-state index < -0.39 is 0 Å². The smallest absolute Gasteiger partial charge is 0.254 e. The van der Waals surface area contributed by atoms with Crippen LogP contribution < -0.4 is 4.90 Å². The number of methoxy groups -OCH3 is 1. The second kappa shape index (κ2) is 7.56. The topological polar surface area (TPSA) is 82.4 Å². The van der Waals surface area contributed by atoms with Crippen LogP contribution in [0.1, 0.15) is 33.7 Å². The summed E-state index contributed by atoms with van der Waals surface area (Å²) in [6, 6.07) is 11.6. The molecule has 0 spiro atoms. The van der Waals surface area contributed by atoms with Crippen LogP contribution in [0.25, 0.3) is 0 Å². The molecule has 3 heterocycles. The molecule has 2 aliphatic heterocycles. The van der Waals surface area contributed by atoms with Gasteiger partial charge < -0.3 is 14.5 Å². The van der Waals surface area contributed by atoms with Crippen molar-refractivity contribution in [3.8, 4) is 6.07 Å². The van der Waals surface area contributed by atoms with Crippen LogP contribution in [-0.2, 0) is 11.3 Å². The molecule has 7 heteroatoms. The Bertz CT molecular complexity index is 939. The molecular formula is C21H23N5O2. The molecule has 144 valence electrons. The Morgan fingerprint density at radius 3 is 2.89 bits per heavy atom. The second-order valence-corrected chi connectivity index (χ2v) is 7.51. The van der Waals surface area contributed by atoms with E-state index in [0.29, 0.717) is 36.3 Å². The van der Waals surface area contributed by atoms with Crippen molar-refractivity contribution >= 4 is 11.9 Å². The highest BCUT2D eigenvalue weighted by molar-refractivity contribution is 5.95. The highest BCUT2D eigenvalue weighted by atomic mass is 16.5. The molecule has 0 aliphatic carbocycles. The van der Waals surface area contributed by atoms with Crippen LogP contribution in [0.3, 0.4) is 0 Å². The Morgan fingerprint density at radius 1 is 1.29 bits per heavy atom. The minimum absolute atomic E-state index is 0.0482. The quantitative estimate of drug-likeness (QED) is 0.812. The van der Waals surface area contributed by atoms with Gasteiger partial charge in [-0.2, -0.15) is 5.26 Å². The fourth-order valence-corrected chi connectivity index (χ4v) is 4.29. The molecule has 28 heavy (non-hydrogen) atoms. The van der Waals surface area contributed by atoms with E-state index in [1.807, 2.05) is 36.1 Å². The first-order valence-corrected chi connectivity index (χ1v) is 9.47. The number of hydrogen-bond donors (Lipinski definition) is 0. The maximum Gasteiger partial charge on any atom is 0.254 e. The van der Waals surface area contributed by atoms with Crippen LogP contribution in [-0.4, -0.2) is 53.6 Å². The molecule has 1 aromatic heterocycles. The number of ether oxygens (including phenoxy) is 1. The van der Waals surface area contributed by atoms with E-state index in [0.717, 1.165) is 30.8 Å². The average molecular weight is 377 g/mol. The van der Waals surface area contributed by atoms with Gasteiger partial charge in [-0.3, -0.25) is 4.79 Å². The van der Waals surface area contributed by atoms with Crippen LogP contribution in [0.2, 0.25) is 0 Å². The third-order valence-corrected chi connectivity index (χ3v) is 5.46. The van der Waals surface area contributed by atoms with Crippen molar-refractivity contribution in [3.63, 3.8) is 0 Å². The lowest BCUT2D eigenvalue weighted by Gasteiger charge is -2.33. The highest BCUT2D eigenvalue weighted by Crippen LogP contribution is 2.33. The zero-order valence-electron chi connectivity index (χ0n) is 16.1. The number of rotatable bonds is 4. The lowest BCUT2D eigenvalue weighted by atomic mass is 9.98. The monoisotopic (exact) mass is 377 g/mol. The van der Waals surface area contributed by atoms with Crippen LogP contribution >= 0.6 is 0 Å². The first kappa shape index (κ1) is 18.4. The Labute approximate surface area is 164 Å². The first-order chi connectivity index (χ1) is 13.6. The van der Waals surface area contributed by atoms with Gasteiger partial charge in [0.2, 0.25) is 5.95 Å². The van der Waals surface area contributed by atoms with Gasteiger partial charge in [0, 0.05) is 44.0 Å². The third-order valence-electron chi connectivity index (χ3n) is 5.46. The van der Waals surface area contributed by atoms with Gasteiger partial charge in [-0.1, -0.05) is 18.2 Å². The maximum atomic E-state index is 13.2. The largest absolute Gasteiger partial charge is 0.380 e. The number of hydrogen-bond acceptors (Lipinski definition) is 6. The number of anilines is 1. The molecule has 2 aliphatic rings. The molecular weight excluding hydrogens is 354 g/mol. The van der Waals surface area contributed by atoms with Crippen LogP contribution in [0.4, 0.5) is 5.95 Å². The predicted octanol–water partition coefficient (Wildman–Crippen LogP) is 2.15. The fraction of sp³-hybridized carbons (Fsp3) is 0.429. The van der Waals surface area contributed by atoms with Crippen molar-refractivity contribution in [1.82, 2.24) is 14.9 Å². The number of carbonyl (C=O) groups excluding carboxylic acids is 1. The minimum Gasteiger partial charge on any atom is -0.380 e. The normalized spacial score (nSPS) is 20.9. The van der Waals surface area contributed by atoms with Gasteiger partial charge in [0.25, 0.3) is 5.91 Å². The molecule has 4 rings (SSSR count). The highest BCUT2D eigenvalue weighted by Gasteiger charge is 2.41. The summed E-state index contributed by atoms with van der Waals surface area (Å²) in [6.07, 6.45) is 1.02. The Kier molecular flexibility index (Phi) is 4.97. The van der Waals surface area contributed by atoms with Gasteiger partial charge in [-0.25, -0.2) is 9.97 Å². The molecule has 2 atom stereocenters. The third kappa shape index (κ3) is 3.43. The Balaban J connectivity index is 1.56. The van der Waals surface area contributed by atoms with E-state index in [1.165, 1.54) is 0 Å². The molecule has 1 aromatic carbocycles. The number of benzene rings is 1. The van der Waals surface area contributed by atoms with Crippen LogP contribution in [0.5, 0.6) is 0 Å². The Hall–Kier alpha value is -2.98. The molecule has 2 fully saturated rings. The molecule has 2 aromatic rings. The summed E-state index contributed by atoms with van der Waals surface area (Å²) in [5, 5.41) is 9.21. The molecule has 2 saturated heterocycles. The summed E-state index contributed by atoms with van der Waals surface area (Å²) < 4.78 is 5.25. The molecule has 0 N–H and O–H groups in total. The standard InChI is InChI=1S/C21H23N5O2/c1-14-7-17(9-22)24-21(23-14)26-11-15-8-18(26)12-25(10-15)20(27)19-6-4-3-5-16(19)13-28-2/h3-7,15,18H,8,10-13H2,1-2H3. The number of nitrogens with zero attached hydrogens (tertiary/aromatic N) is 5. The van der Waals surface area contributed by atoms with E-state index in [9.17, 15) is 10.1 Å². The summed E-state index contributed by atoms with van der Waals surface area (Å²) >= 11 is 0. The van der Waals surface area contributed by atoms with Gasteiger partial charge in [0.1, 0.15) is 11.8 Å². The molecule has 7 nitrogen and oxygen atoms in total. The van der Waals surface area contributed by atoms with Gasteiger partial charge in [-0.15, -0.1) is 0 Å². The van der Waals surface area contributed by atoms with E-state index in [2.05, 4.69) is 20.9 Å². The van der Waals surface area contributed by atoms with Crippen molar-refractivity contribution in [2.24, 2.45) is 5.92 Å². The minimum atomic E-state index is 0.0482. The molecule has 0 saturated carbocycles. The van der Waals surface area contributed by atoms with Crippen LogP contribution in [0, 0.1) is 24.2 Å². The number of nitriles is 1. The number of aromatic nitrogens is 2. The van der Waals surface area contributed by atoms with E-state index in [4.69, 9.17) is 4.74 Å². The van der Waals surface area contributed by atoms with Crippen molar-refractivity contribution in [2.45, 2.75) is 26.0 Å². The van der Waals surface area contributed by atoms with Crippen molar-refractivity contribution in [3.05, 3.63) is 52.8 Å². The number of piperidine rings is 1. The zero-order chi connectivity index (χ0) is 19.7. The summed E-state index contributed by atoms with van der Waals surface area (Å²) in [7, 11) is 1.64. The Morgan fingerprint density at radius 2 is 2.11 bits per heavy atom. The first-order valence-electron chi connectivity index (χ1n) is 9.47. The lowest BCUT2D eigenvalue weighted by Crippen LogP contribution is -2.45. The van der Waals surface area contributed by atoms with E-state index in [1.54, 1.807) is 13.2 Å². The molecule has 2 bridgehead atoms. The van der Waals surface area contributed by atoms with Crippen molar-refractivity contribution < 1.29 is 9.53 Å². The summed E-state index contributed by atoms with van der Waals surface area (Å²) in [5.74, 6) is 1.03. The van der Waals surface area contributed by atoms with Gasteiger partial charge in [0.05, 0.1) is 6.61 Å². The molecule has 2 unspecified atom stereocenters. The van der Waals surface area contributed by atoms with Gasteiger partial charge in [0.15, 0.2) is 0 Å². The zero-order valence-corrected chi connectivity index (χ0v) is 16.1. The summed E-state index contributed by atoms with van der Waals surface area (Å²) in [6.45, 7) is 4.46. The van der Waals surface area contributed by atoms with E-state index >= 15 is 0 Å². The second-order valence-electron chi connectivity index (χ2n) is 7.51. The van der Waals surface area contributed by atoms with Gasteiger partial charge in [-0.05, 0) is 37.0 Å². The average Bonchev–Trinajstić information content (AvgIpc) is 3.01. The lowest BCUT2D eigenvalue weighted by molar-refractivity contribution is 0.0689. The molecule has 0 radical (unpaired) electrons. The number of likely N-dealkylation sites (tertiary alicyclic amines) is 1. The van der Waals surface area contributed by atoms with Gasteiger partial charge >= 0.3 is 0 Å². The predicted molar refractivity (Wildman–Crippen MR) is 104 cm³/mol. The maximum absolute atomic E-state index is 13.2. The van der Waals surface area contributed by atoms with Crippen LogP contribution in [0.15, 0.2) is 30.3 Å². The number of carbonyl (C=O) groups is 1.